The van der Waals surface area contributed by atoms with Crippen LogP contribution in [0.3, 0.4) is 0 Å². The van der Waals surface area contributed by atoms with Gasteiger partial charge in [-0.05, 0) is 79.8 Å². The molecule has 1 fully saturated rings. The van der Waals surface area contributed by atoms with E-state index >= 15 is 0 Å². The third-order valence-electron chi connectivity index (χ3n) is 6.37. The summed E-state index contributed by atoms with van der Waals surface area (Å²) in [4.78, 5) is 17.6. The Morgan fingerprint density at radius 1 is 1.26 bits per heavy atom. The van der Waals surface area contributed by atoms with E-state index < -0.39 is 0 Å². The second kappa shape index (κ2) is 7.06. The maximum Gasteiger partial charge on any atom is 0.252 e. The van der Waals surface area contributed by atoms with Crippen LogP contribution in [-0.2, 0) is 12.0 Å². The van der Waals surface area contributed by atoms with Crippen LogP contribution in [0.4, 0.5) is 4.39 Å². The lowest BCUT2D eigenvalue weighted by Crippen LogP contribution is -2.36. The molecule has 1 saturated carbocycles. The Balaban J connectivity index is 1.56. The lowest BCUT2D eigenvalue weighted by Gasteiger charge is -2.30. The average molecular weight is 366 g/mol. The SMILES string of the molecule is CCC(C)C1CCCc2nc(C3(NC(=O)c4ccc(F)cc4)CC3)ccc21. The number of pyridine rings is 1. The molecule has 4 heteroatoms. The highest BCUT2D eigenvalue weighted by Crippen LogP contribution is 2.46. The van der Waals surface area contributed by atoms with Crippen molar-refractivity contribution in [2.75, 3.05) is 0 Å². The fraction of sp³-hybridized carbons (Fsp3) is 0.478. The van der Waals surface area contributed by atoms with Crippen LogP contribution < -0.4 is 5.32 Å². The molecule has 2 unspecified atom stereocenters. The molecule has 1 N–H and O–H groups in total. The molecule has 2 aliphatic rings. The van der Waals surface area contributed by atoms with E-state index in [0.29, 0.717) is 17.4 Å². The van der Waals surface area contributed by atoms with Crippen LogP contribution >= 0.6 is 0 Å². The Hall–Kier alpha value is -2.23. The third kappa shape index (κ3) is 3.50. The summed E-state index contributed by atoms with van der Waals surface area (Å²) in [5, 5.41) is 3.15. The monoisotopic (exact) mass is 366 g/mol. The van der Waals surface area contributed by atoms with Crippen LogP contribution in [-0.4, -0.2) is 10.9 Å². The molecule has 1 heterocycles. The first-order valence-corrected chi connectivity index (χ1v) is 10.1. The summed E-state index contributed by atoms with van der Waals surface area (Å²) in [7, 11) is 0. The molecular formula is C23H27FN2O. The van der Waals surface area contributed by atoms with E-state index in [9.17, 15) is 9.18 Å². The summed E-state index contributed by atoms with van der Waals surface area (Å²) in [6, 6.07) is 10.0. The lowest BCUT2D eigenvalue weighted by molar-refractivity contribution is 0.0929. The maximum atomic E-state index is 13.1. The summed E-state index contributed by atoms with van der Waals surface area (Å²) in [6.45, 7) is 4.59. The molecule has 4 rings (SSSR count). The highest BCUT2D eigenvalue weighted by molar-refractivity contribution is 5.95. The molecule has 1 aromatic heterocycles. The van der Waals surface area contributed by atoms with E-state index in [2.05, 4.69) is 31.3 Å². The first-order valence-electron chi connectivity index (χ1n) is 10.1. The Kier molecular flexibility index (Phi) is 4.75. The molecule has 0 aliphatic heterocycles. The van der Waals surface area contributed by atoms with E-state index in [4.69, 9.17) is 4.98 Å². The van der Waals surface area contributed by atoms with Crippen molar-refractivity contribution in [3.63, 3.8) is 0 Å². The topological polar surface area (TPSA) is 42.0 Å². The number of aromatic nitrogens is 1. The molecule has 3 nitrogen and oxygen atoms in total. The van der Waals surface area contributed by atoms with Gasteiger partial charge in [0.25, 0.3) is 5.91 Å². The Morgan fingerprint density at radius 3 is 2.67 bits per heavy atom. The quantitative estimate of drug-likeness (QED) is 0.799. The van der Waals surface area contributed by atoms with Crippen LogP contribution in [0.15, 0.2) is 36.4 Å². The Morgan fingerprint density at radius 2 is 2.00 bits per heavy atom. The van der Waals surface area contributed by atoms with Crippen LogP contribution in [0.25, 0.3) is 0 Å². The highest BCUT2D eigenvalue weighted by atomic mass is 19.1. The van der Waals surface area contributed by atoms with Gasteiger partial charge in [-0.3, -0.25) is 9.78 Å². The number of benzene rings is 1. The van der Waals surface area contributed by atoms with Gasteiger partial charge in [-0.25, -0.2) is 4.39 Å². The Labute approximate surface area is 160 Å². The molecule has 2 aliphatic carbocycles. The number of hydrogen-bond acceptors (Lipinski definition) is 2. The average Bonchev–Trinajstić information content (AvgIpc) is 3.47. The van der Waals surface area contributed by atoms with Crippen LogP contribution in [0, 0.1) is 11.7 Å². The van der Waals surface area contributed by atoms with Crippen molar-refractivity contribution in [2.24, 2.45) is 5.92 Å². The van der Waals surface area contributed by atoms with Gasteiger partial charge >= 0.3 is 0 Å². The van der Waals surface area contributed by atoms with Crippen LogP contribution in [0.2, 0.25) is 0 Å². The van der Waals surface area contributed by atoms with Gasteiger partial charge in [0.2, 0.25) is 0 Å². The molecule has 27 heavy (non-hydrogen) atoms. The van der Waals surface area contributed by atoms with Gasteiger partial charge in [-0.15, -0.1) is 0 Å². The predicted molar refractivity (Wildman–Crippen MR) is 104 cm³/mol. The van der Waals surface area contributed by atoms with Crippen molar-refractivity contribution in [2.45, 2.75) is 63.8 Å². The number of carbonyl (C=O) groups excluding carboxylic acids is 1. The first-order chi connectivity index (χ1) is 13.0. The van der Waals surface area contributed by atoms with Crippen LogP contribution in [0.1, 0.15) is 79.2 Å². The number of nitrogens with zero attached hydrogens (tertiary/aromatic N) is 1. The molecule has 0 bridgehead atoms. The number of fused-ring (bicyclic) bond motifs is 1. The van der Waals surface area contributed by atoms with Crippen molar-refractivity contribution >= 4 is 5.91 Å². The minimum Gasteiger partial charge on any atom is -0.341 e. The fourth-order valence-corrected chi connectivity index (χ4v) is 4.30. The number of carbonyl (C=O) groups is 1. The van der Waals surface area contributed by atoms with Gasteiger partial charge in [0, 0.05) is 11.3 Å². The molecular weight excluding hydrogens is 339 g/mol. The molecule has 1 amide bonds. The summed E-state index contributed by atoms with van der Waals surface area (Å²) >= 11 is 0. The van der Waals surface area contributed by atoms with E-state index in [1.54, 1.807) is 0 Å². The zero-order valence-electron chi connectivity index (χ0n) is 16.1. The van der Waals surface area contributed by atoms with Gasteiger partial charge in [0.05, 0.1) is 11.2 Å². The number of rotatable bonds is 5. The van der Waals surface area contributed by atoms with E-state index in [-0.39, 0.29) is 17.3 Å². The summed E-state index contributed by atoms with van der Waals surface area (Å²) < 4.78 is 13.1. The van der Waals surface area contributed by atoms with Gasteiger partial charge in [0.1, 0.15) is 5.82 Å². The molecule has 0 spiro atoms. The molecule has 2 aromatic rings. The number of hydrogen-bond donors (Lipinski definition) is 1. The predicted octanol–water partition coefficient (Wildman–Crippen LogP) is 5.11. The van der Waals surface area contributed by atoms with Crippen molar-refractivity contribution in [1.82, 2.24) is 10.3 Å². The standard InChI is InChI=1S/C23H27FN2O/c1-3-15(2)18-5-4-6-20-19(18)11-12-21(25-20)23(13-14-23)26-22(27)16-7-9-17(24)10-8-16/h7-12,15,18H,3-6,13-14H2,1-2H3,(H,26,27). The second-order valence-electron chi connectivity index (χ2n) is 8.16. The van der Waals surface area contributed by atoms with E-state index in [1.807, 2.05) is 0 Å². The minimum atomic E-state index is -0.357. The first kappa shape index (κ1) is 18.1. The zero-order valence-corrected chi connectivity index (χ0v) is 16.1. The second-order valence-corrected chi connectivity index (χ2v) is 8.16. The number of halogens is 1. The largest absolute Gasteiger partial charge is 0.341 e. The lowest BCUT2D eigenvalue weighted by atomic mass is 9.77. The van der Waals surface area contributed by atoms with Crippen molar-refractivity contribution in [3.05, 3.63) is 64.7 Å². The molecule has 2 atom stereocenters. The van der Waals surface area contributed by atoms with Crippen LogP contribution in [0.5, 0.6) is 0 Å². The van der Waals surface area contributed by atoms with Gasteiger partial charge in [-0.2, -0.15) is 0 Å². The summed E-state index contributed by atoms with van der Waals surface area (Å²) in [5.74, 6) is 0.776. The van der Waals surface area contributed by atoms with Crippen molar-refractivity contribution in [1.29, 1.82) is 0 Å². The fourth-order valence-electron chi connectivity index (χ4n) is 4.30. The van der Waals surface area contributed by atoms with Gasteiger partial charge < -0.3 is 5.32 Å². The van der Waals surface area contributed by atoms with Gasteiger partial charge in [0.15, 0.2) is 0 Å². The molecule has 142 valence electrons. The third-order valence-corrected chi connectivity index (χ3v) is 6.37. The zero-order chi connectivity index (χ0) is 19.0. The molecule has 1 aromatic carbocycles. The summed E-state index contributed by atoms with van der Waals surface area (Å²) in [5.41, 5.74) is 3.72. The number of aryl methyl sites for hydroxylation is 1. The minimum absolute atomic E-state index is 0.162. The normalized spacial score (nSPS) is 21.2. The highest BCUT2D eigenvalue weighted by Gasteiger charge is 2.47. The summed E-state index contributed by atoms with van der Waals surface area (Å²) in [6.07, 6.45) is 6.45. The Bertz CT molecular complexity index is 842. The van der Waals surface area contributed by atoms with Crippen molar-refractivity contribution in [3.8, 4) is 0 Å². The van der Waals surface area contributed by atoms with Crippen molar-refractivity contribution < 1.29 is 9.18 Å². The number of amides is 1. The van der Waals surface area contributed by atoms with E-state index in [1.165, 1.54) is 54.8 Å². The molecule has 0 radical (unpaired) electrons. The van der Waals surface area contributed by atoms with E-state index in [0.717, 1.165) is 25.0 Å². The smallest absolute Gasteiger partial charge is 0.252 e. The number of nitrogens with one attached hydrogen (secondary N) is 1. The maximum absolute atomic E-state index is 13.1. The molecule has 0 saturated heterocycles. The van der Waals surface area contributed by atoms with Gasteiger partial charge in [-0.1, -0.05) is 26.3 Å².